The lowest BCUT2D eigenvalue weighted by Crippen LogP contribution is -2.16. The molecule has 38 heavy (non-hydrogen) atoms. The van der Waals surface area contributed by atoms with E-state index in [2.05, 4.69) is 52.3 Å². The molecular formula is C28H32N4O3S3. The number of methoxy groups -OCH3 is 1. The van der Waals surface area contributed by atoms with Crippen LogP contribution in [0, 0.1) is 13.8 Å². The van der Waals surface area contributed by atoms with Gasteiger partial charge < -0.3 is 14.6 Å². The Balaban J connectivity index is 1.53. The first-order valence-electron chi connectivity index (χ1n) is 12.5. The number of ether oxygens (including phenoxy) is 1. The summed E-state index contributed by atoms with van der Waals surface area (Å²) in [6.07, 6.45) is 0.921. The highest BCUT2D eigenvalue weighted by Crippen LogP contribution is 2.38. The summed E-state index contributed by atoms with van der Waals surface area (Å²) in [5, 5.41) is 17.0. The molecule has 0 radical (unpaired) electrons. The van der Waals surface area contributed by atoms with Crippen LogP contribution in [0.2, 0.25) is 0 Å². The van der Waals surface area contributed by atoms with Crippen molar-refractivity contribution in [2.24, 2.45) is 0 Å². The minimum Gasteiger partial charge on any atom is -0.465 e. The number of benzene rings is 1. The van der Waals surface area contributed by atoms with E-state index in [4.69, 9.17) is 4.74 Å². The van der Waals surface area contributed by atoms with E-state index >= 15 is 0 Å². The molecule has 7 nitrogen and oxygen atoms in total. The number of aromatic nitrogens is 3. The van der Waals surface area contributed by atoms with Crippen LogP contribution in [0.3, 0.4) is 0 Å². The summed E-state index contributed by atoms with van der Waals surface area (Å²) in [6.45, 7) is 11.2. The quantitative estimate of drug-likeness (QED) is 0.158. The molecule has 0 aliphatic heterocycles. The molecule has 1 N–H and O–H groups in total. The molecule has 10 heteroatoms. The Labute approximate surface area is 235 Å². The summed E-state index contributed by atoms with van der Waals surface area (Å²) in [5.74, 6) is 0.715. The van der Waals surface area contributed by atoms with Crippen LogP contribution in [0.4, 0.5) is 5.00 Å². The summed E-state index contributed by atoms with van der Waals surface area (Å²) in [6, 6.07) is 8.28. The molecule has 0 spiro atoms. The molecule has 1 amide bonds. The highest BCUT2D eigenvalue weighted by molar-refractivity contribution is 7.99. The Kier molecular flexibility index (Phi) is 9.07. The van der Waals surface area contributed by atoms with Crippen LogP contribution in [0.1, 0.15) is 59.5 Å². The largest absolute Gasteiger partial charge is 0.465 e. The maximum Gasteiger partial charge on any atom is 0.341 e. The summed E-state index contributed by atoms with van der Waals surface area (Å²) < 4.78 is 7.15. The Morgan fingerprint density at radius 1 is 1.11 bits per heavy atom. The van der Waals surface area contributed by atoms with Crippen molar-refractivity contribution in [1.82, 2.24) is 14.8 Å². The van der Waals surface area contributed by atoms with Crippen molar-refractivity contribution in [2.75, 3.05) is 18.2 Å². The lowest BCUT2D eigenvalue weighted by molar-refractivity contribution is -0.113. The van der Waals surface area contributed by atoms with Crippen molar-refractivity contribution in [2.45, 2.75) is 58.7 Å². The number of anilines is 1. The van der Waals surface area contributed by atoms with Crippen molar-refractivity contribution in [3.63, 3.8) is 0 Å². The third kappa shape index (κ3) is 6.03. The average molecular weight is 569 g/mol. The van der Waals surface area contributed by atoms with Crippen LogP contribution in [0.5, 0.6) is 0 Å². The summed E-state index contributed by atoms with van der Waals surface area (Å²) in [4.78, 5) is 27.1. The third-order valence-electron chi connectivity index (χ3n) is 6.06. The standard InChI is InChI=1S/C28H32N4O3S3/c1-7-10-32-25(19-12-22(16(2)3)36-13-19)30-31-28(32)38-15-23(33)29-26-24(27(34)35-6)21(14-37-26)20-11-17(4)8-9-18(20)5/h8-9,11-14,16H,7,10,15H2,1-6H3,(H,29,33). The van der Waals surface area contributed by atoms with E-state index in [-0.39, 0.29) is 11.7 Å². The van der Waals surface area contributed by atoms with Crippen LogP contribution in [0.15, 0.2) is 40.2 Å². The monoisotopic (exact) mass is 568 g/mol. The van der Waals surface area contributed by atoms with Gasteiger partial charge in [0.2, 0.25) is 5.91 Å². The topological polar surface area (TPSA) is 86.1 Å². The number of esters is 1. The lowest BCUT2D eigenvalue weighted by Gasteiger charge is -2.10. The summed E-state index contributed by atoms with van der Waals surface area (Å²) >= 11 is 4.39. The van der Waals surface area contributed by atoms with E-state index in [0.717, 1.165) is 46.6 Å². The fourth-order valence-electron chi connectivity index (χ4n) is 4.08. The molecule has 0 unspecified atom stereocenters. The zero-order chi connectivity index (χ0) is 27.4. The predicted octanol–water partition coefficient (Wildman–Crippen LogP) is 7.40. The fraction of sp³-hybridized carbons (Fsp3) is 0.357. The van der Waals surface area contributed by atoms with Crippen molar-refractivity contribution in [1.29, 1.82) is 0 Å². The number of thioether (sulfide) groups is 1. The first-order chi connectivity index (χ1) is 18.2. The first-order valence-corrected chi connectivity index (χ1v) is 15.2. The predicted molar refractivity (Wildman–Crippen MR) is 158 cm³/mol. The zero-order valence-corrected chi connectivity index (χ0v) is 24.9. The molecule has 0 atom stereocenters. The first kappa shape index (κ1) is 28.1. The van der Waals surface area contributed by atoms with Crippen molar-refractivity contribution < 1.29 is 14.3 Å². The number of hydrogen-bond donors (Lipinski definition) is 1. The summed E-state index contributed by atoms with van der Waals surface area (Å²) in [7, 11) is 1.35. The van der Waals surface area contributed by atoms with E-state index < -0.39 is 5.97 Å². The zero-order valence-electron chi connectivity index (χ0n) is 22.5. The number of carbonyl (C=O) groups excluding carboxylic acids is 2. The van der Waals surface area contributed by atoms with Crippen LogP contribution in [-0.2, 0) is 16.1 Å². The van der Waals surface area contributed by atoms with Crippen LogP contribution < -0.4 is 5.32 Å². The highest BCUT2D eigenvalue weighted by atomic mass is 32.2. The highest BCUT2D eigenvalue weighted by Gasteiger charge is 2.24. The van der Waals surface area contributed by atoms with Crippen molar-refractivity contribution in [3.05, 3.63) is 56.6 Å². The van der Waals surface area contributed by atoms with E-state index in [0.29, 0.717) is 21.6 Å². The number of nitrogens with one attached hydrogen (secondary N) is 1. The van der Waals surface area contributed by atoms with Gasteiger partial charge in [-0.15, -0.1) is 32.9 Å². The molecule has 0 saturated carbocycles. The van der Waals surface area contributed by atoms with Gasteiger partial charge >= 0.3 is 5.97 Å². The van der Waals surface area contributed by atoms with Gasteiger partial charge in [0, 0.05) is 33.3 Å². The molecule has 4 rings (SSSR count). The molecule has 0 bridgehead atoms. The van der Waals surface area contributed by atoms with Crippen LogP contribution in [-0.4, -0.2) is 39.5 Å². The molecule has 1 aromatic carbocycles. The molecule has 4 aromatic rings. The van der Waals surface area contributed by atoms with E-state index in [1.165, 1.54) is 35.1 Å². The molecule has 0 aliphatic rings. The second-order valence-corrected chi connectivity index (χ2v) is 12.1. The second kappa shape index (κ2) is 12.3. The van der Waals surface area contributed by atoms with Gasteiger partial charge in [0.05, 0.1) is 12.9 Å². The Morgan fingerprint density at radius 3 is 2.58 bits per heavy atom. The Morgan fingerprint density at radius 2 is 1.89 bits per heavy atom. The molecule has 0 saturated heterocycles. The lowest BCUT2D eigenvalue weighted by atomic mass is 9.97. The van der Waals surface area contributed by atoms with Gasteiger partial charge in [0.25, 0.3) is 0 Å². The molecule has 0 fully saturated rings. The maximum absolute atomic E-state index is 13.0. The normalized spacial score (nSPS) is 11.2. The number of carbonyl (C=O) groups is 2. The average Bonchev–Trinajstić information content (AvgIpc) is 3.63. The second-order valence-electron chi connectivity index (χ2n) is 9.35. The van der Waals surface area contributed by atoms with Crippen molar-refractivity contribution >= 4 is 51.3 Å². The van der Waals surface area contributed by atoms with E-state index in [1.807, 2.05) is 37.4 Å². The van der Waals surface area contributed by atoms with E-state index in [9.17, 15) is 9.59 Å². The Hall–Kier alpha value is -2.95. The minimum atomic E-state index is -0.478. The van der Waals surface area contributed by atoms with Gasteiger partial charge in [0.15, 0.2) is 11.0 Å². The number of rotatable bonds is 10. The van der Waals surface area contributed by atoms with Gasteiger partial charge in [-0.05, 0) is 43.4 Å². The number of aryl methyl sites for hydroxylation is 2. The maximum atomic E-state index is 13.0. The van der Waals surface area contributed by atoms with Crippen LogP contribution in [0.25, 0.3) is 22.5 Å². The fourth-order valence-corrected chi connectivity index (χ4v) is 6.71. The van der Waals surface area contributed by atoms with Crippen LogP contribution >= 0.6 is 34.4 Å². The van der Waals surface area contributed by atoms with Gasteiger partial charge in [-0.2, -0.15) is 0 Å². The van der Waals surface area contributed by atoms with E-state index in [1.54, 1.807) is 11.3 Å². The number of nitrogens with zero attached hydrogens (tertiary/aromatic N) is 3. The van der Waals surface area contributed by atoms with Gasteiger partial charge in [-0.1, -0.05) is 56.3 Å². The van der Waals surface area contributed by atoms with Crippen molar-refractivity contribution in [3.8, 4) is 22.5 Å². The van der Waals surface area contributed by atoms with Gasteiger partial charge in [-0.3, -0.25) is 4.79 Å². The number of amides is 1. The minimum absolute atomic E-state index is 0.139. The molecule has 200 valence electrons. The Bertz CT molecular complexity index is 1450. The third-order valence-corrected chi connectivity index (χ3v) is 9.16. The molecule has 0 aliphatic carbocycles. The SMILES string of the molecule is CCCn1c(SCC(=O)Nc2scc(-c3cc(C)ccc3C)c2C(=O)OC)nnc1-c1csc(C(C)C)c1. The molecule has 3 heterocycles. The molecule has 3 aromatic heterocycles. The number of thiophene rings is 2. The van der Waals surface area contributed by atoms with Gasteiger partial charge in [-0.25, -0.2) is 4.79 Å². The summed E-state index contributed by atoms with van der Waals surface area (Å²) in [5.41, 5.74) is 5.27. The number of hydrogen-bond acceptors (Lipinski definition) is 8. The van der Waals surface area contributed by atoms with Gasteiger partial charge in [0.1, 0.15) is 10.6 Å². The molecular weight excluding hydrogens is 537 g/mol. The smallest absolute Gasteiger partial charge is 0.341 e.